The van der Waals surface area contributed by atoms with E-state index in [0.29, 0.717) is 5.25 Å². The molecule has 0 aliphatic carbocycles. The number of benzene rings is 1. The number of nitrogens with zero attached hydrogens (tertiary/aromatic N) is 1. The molecular formula is C15H15BrN2S. The summed E-state index contributed by atoms with van der Waals surface area (Å²) in [6.45, 7) is 0.999. The highest BCUT2D eigenvalue weighted by Crippen LogP contribution is 2.30. The quantitative estimate of drug-likeness (QED) is 0.882. The van der Waals surface area contributed by atoms with Crippen LogP contribution in [0.5, 0.6) is 0 Å². The fourth-order valence-electron chi connectivity index (χ4n) is 2.26. The second kappa shape index (κ2) is 5.97. The highest BCUT2D eigenvalue weighted by Gasteiger charge is 2.16. The topological polar surface area (TPSA) is 24.9 Å². The Morgan fingerprint density at radius 3 is 2.95 bits per heavy atom. The third-order valence-electron chi connectivity index (χ3n) is 3.26. The lowest BCUT2D eigenvalue weighted by molar-refractivity contribution is 0.801. The molecule has 1 aliphatic heterocycles. The Balaban J connectivity index is 1.67. The van der Waals surface area contributed by atoms with Gasteiger partial charge in [-0.3, -0.25) is 0 Å². The van der Waals surface area contributed by atoms with Crippen LogP contribution in [0.1, 0.15) is 12.0 Å². The number of hydrogen-bond donors (Lipinski definition) is 1. The molecule has 1 unspecified atom stereocenters. The fourth-order valence-corrected chi connectivity index (χ4v) is 3.50. The van der Waals surface area contributed by atoms with Crippen molar-refractivity contribution in [1.29, 1.82) is 0 Å². The standard InChI is InChI=1S/C15H15BrN2S/c16-12-6-8-15(18-9-12)19-13-7-5-11-3-1-2-4-14(11)17-10-13/h1-4,6,8-9,13,17H,5,7,10H2. The molecule has 98 valence electrons. The molecule has 1 aromatic heterocycles. The Labute approximate surface area is 126 Å². The predicted octanol–water partition coefficient (Wildman–Crippen LogP) is 4.36. The Morgan fingerprint density at radius 2 is 2.11 bits per heavy atom. The van der Waals surface area contributed by atoms with E-state index in [4.69, 9.17) is 0 Å². The number of anilines is 1. The molecule has 0 saturated carbocycles. The minimum Gasteiger partial charge on any atom is -0.384 e. The van der Waals surface area contributed by atoms with Crippen molar-refractivity contribution in [3.05, 3.63) is 52.6 Å². The summed E-state index contributed by atoms with van der Waals surface area (Å²) in [6, 6.07) is 12.7. The summed E-state index contributed by atoms with van der Waals surface area (Å²) in [6.07, 6.45) is 4.19. The van der Waals surface area contributed by atoms with Crippen LogP contribution in [0.4, 0.5) is 5.69 Å². The largest absolute Gasteiger partial charge is 0.384 e. The molecule has 19 heavy (non-hydrogen) atoms. The highest BCUT2D eigenvalue weighted by atomic mass is 79.9. The summed E-state index contributed by atoms with van der Waals surface area (Å²) < 4.78 is 1.03. The highest BCUT2D eigenvalue weighted by molar-refractivity contribution is 9.10. The minimum absolute atomic E-state index is 0.570. The van der Waals surface area contributed by atoms with Gasteiger partial charge in [-0.2, -0.15) is 0 Å². The van der Waals surface area contributed by atoms with Gasteiger partial charge in [0.25, 0.3) is 0 Å². The predicted molar refractivity (Wildman–Crippen MR) is 84.8 cm³/mol. The van der Waals surface area contributed by atoms with Crippen molar-refractivity contribution in [2.75, 3.05) is 11.9 Å². The summed E-state index contributed by atoms with van der Waals surface area (Å²) in [4.78, 5) is 4.44. The first kappa shape index (κ1) is 13.0. The molecule has 0 amide bonds. The lowest BCUT2D eigenvalue weighted by atomic mass is 10.1. The second-order valence-corrected chi connectivity index (χ2v) is 6.87. The molecular weight excluding hydrogens is 320 g/mol. The van der Waals surface area contributed by atoms with E-state index in [2.05, 4.69) is 56.6 Å². The maximum Gasteiger partial charge on any atom is 0.0964 e. The molecule has 1 N–H and O–H groups in total. The average molecular weight is 335 g/mol. The van der Waals surface area contributed by atoms with Crippen LogP contribution in [0, 0.1) is 0 Å². The SMILES string of the molecule is Brc1ccc(SC2CCc3ccccc3NC2)nc1. The molecule has 0 bridgehead atoms. The van der Waals surface area contributed by atoms with E-state index in [1.165, 1.54) is 17.7 Å². The Morgan fingerprint density at radius 1 is 1.21 bits per heavy atom. The molecule has 0 radical (unpaired) electrons. The monoisotopic (exact) mass is 334 g/mol. The van der Waals surface area contributed by atoms with Gasteiger partial charge in [0, 0.05) is 28.2 Å². The van der Waals surface area contributed by atoms with Gasteiger partial charge < -0.3 is 5.32 Å². The van der Waals surface area contributed by atoms with E-state index in [-0.39, 0.29) is 0 Å². The number of thioether (sulfide) groups is 1. The van der Waals surface area contributed by atoms with Crippen LogP contribution in [0.25, 0.3) is 0 Å². The molecule has 2 nitrogen and oxygen atoms in total. The van der Waals surface area contributed by atoms with Gasteiger partial charge in [-0.15, -0.1) is 11.8 Å². The first-order valence-electron chi connectivity index (χ1n) is 6.41. The number of rotatable bonds is 2. The van der Waals surface area contributed by atoms with E-state index < -0.39 is 0 Å². The zero-order chi connectivity index (χ0) is 13.1. The average Bonchev–Trinajstić information content (AvgIpc) is 2.64. The third kappa shape index (κ3) is 3.31. The van der Waals surface area contributed by atoms with Crippen LogP contribution < -0.4 is 5.32 Å². The van der Waals surface area contributed by atoms with Crippen LogP contribution in [0.15, 0.2) is 52.1 Å². The van der Waals surface area contributed by atoms with Gasteiger partial charge in [0.1, 0.15) is 0 Å². The first-order chi connectivity index (χ1) is 9.31. The van der Waals surface area contributed by atoms with E-state index in [1.807, 2.05) is 24.0 Å². The van der Waals surface area contributed by atoms with Gasteiger partial charge in [0.05, 0.1) is 5.03 Å². The number of hydrogen-bond acceptors (Lipinski definition) is 3. The third-order valence-corrected chi connectivity index (χ3v) is 4.95. The van der Waals surface area contributed by atoms with Crippen molar-refractivity contribution in [3.63, 3.8) is 0 Å². The number of aromatic nitrogens is 1. The summed E-state index contributed by atoms with van der Waals surface area (Å²) >= 11 is 5.28. The maximum atomic E-state index is 4.44. The van der Waals surface area contributed by atoms with Crippen LogP contribution in [-0.4, -0.2) is 16.8 Å². The second-order valence-electron chi connectivity index (χ2n) is 4.63. The zero-order valence-corrected chi connectivity index (χ0v) is 12.9. The van der Waals surface area contributed by atoms with Crippen LogP contribution in [0.3, 0.4) is 0 Å². The van der Waals surface area contributed by atoms with Gasteiger partial charge in [-0.05, 0) is 52.5 Å². The molecule has 2 heterocycles. The van der Waals surface area contributed by atoms with Crippen molar-refractivity contribution < 1.29 is 0 Å². The number of para-hydroxylation sites is 1. The minimum atomic E-state index is 0.570. The van der Waals surface area contributed by atoms with Crippen molar-refractivity contribution in [3.8, 4) is 0 Å². The number of halogens is 1. The van der Waals surface area contributed by atoms with Crippen LogP contribution >= 0.6 is 27.7 Å². The van der Waals surface area contributed by atoms with Gasteiger partial charge >= 0.3 is 0 Å². The Kier molecular flexibility index (Phi) is 4.09. The molecule has 0 spiro atoms. The van der Waals surface area contributed by atoms with Crippen LogP contribution in [0.2, 0.25) is 0 Å². The lowest BCUT2D eigenvalue weighted by Crippen LogP contribution is -2.14. The molecule has 0 fully saturated rings. The summed E-state index contributed by atoms with van der Waals surface area (Å²) in [5, 5.41) is 5.22. The van der Waals surface area contributed by atoms with Crippen LogP contribution in [-0.2, 0) is 6.42 Å². The van der Waals surface area contributed by atoms with Crippen molar-refractivity contribution in [2.45, 2.75) is 23.1 Å². The van der Waals surface area contributed by atoms with Gasteiger partial charge in [0.15, 0.2) is 0 Å². The molecule has 0 saturated heterocycles. The molecule has 3 rings (SSSR count). The number of nitrogens with one attached hydrogen (secondary N) is 1. The molecule has 1 aromatic carbocycles. The van der Waals surface area contributed by atoms with Gasteiger partial charge in [-0.25, -0.2) is 4.98 Å². The maximum absolute atomic E-state index is 4.44. The molecule has 2 aromatic rings. The summed E-state index contributed by atoms with van der Waals surface area (Å²) in [7, 11) is 0. The summed E-state index contributed by atoms with van der Waals surface area (Å²) in [5.74, 6) is 0. The zero-order valence-electron chi connectivity index (χ0n) is 10.5. The van der Waals surface area contributed by atoms with E-state index in [9.17, 15) is 0 Å². The Hall–Kier alpha value is -1.00. The lowest BCUT2D eigenvalue weighted by Gasteiger charge is -2.13. The molecule has 1 aliphatic rings. The Bertz CT molecular complexity index is 529. The normalized spacial score (nSPS) is 18.3. The van der Waals surface area contributed by atoms with Gasteiger partial charge in [0.2, 0.25) is 0 Å². The number of fused-ring (bicyclic) bond motifs is 1. The van der Waals surface area contributed by atoms with Crippen molar-refractivity contribution in [1.82, 2.24) is 4.98 Å². The van der Waals surface area contributed by atoms with Gasteiger partial charge in [-0.1, -0.05) is 18.2 Å². The number of aryl methyl sites for hydroxylation is 1. The fraction of sp³-hybridized carbons (Fsp3) is 0.267. The molecule has 4 heteroatoms. The summed E-state index contributed by atoms with van der Waals surface area (Å²) in [5.41, 5.74) is 2.71. The molecule has 1 atom stereocenters. The van der Waals surface area contributed by atoms with Crippen molar-refractivity contribution >= 4 is 33.4 Å². The smallest absolute Gasteiger partial charge is 0.0964 e. The van der Waals surface area contributed by atoms with E-state index in [0.717, 1.165) is 22.5 Å². The van der Waals surface area contributed by atoms with E-state index in [1.54, 1.807) is 0 Å². The first-order valence-corrected chi connectivity index (χ1v) is 8.08. The van der Waals surface area contributed by atoms with E-state index >= 15 is 0 Å². The number of pyridine rings is 1. The van der Waals surface area contributed by atoms with Crippen molar-refractivity contribution in [2.24, 2.45) is 0 Å².